The standard InChI is InChI=1S/C13H22N4O3/c1-3-5-7-8-14-12-11(17(18)19)13(16-10-15-12)20-9-6-4-2/h10H,3-9H2,1-2H3,(H,14,15,16). The largest absolute Gasteiger partial charge is 0.473 e. The Kier molecular flexibility index (Phi) is 7.31. The number of nitrogens with zero attached hydrogens (tertiary/aromatic N) is 3. The third kappa shape index (κ3) is 4.99. The van der Waals surface area contributed by atoms with Crippen LogP contribution in [0.4, 0.5) is 11.5 Å². The molecule has 1 rings (SSSR count). The van der Waals surface area contributed by atoms with E-state index in [2.05, 4.69) is 22.2 Å². The molecule has 1 heterocycles. The zero-order valence-corrected chi connectivity index (χ0v) is 12.1. The summed E-state index contributed by atoms with van der Waals surface area (Å²) in [5.41, 5.74) is -0.180. The van der Waals surface area contributed by atoms with E-state index >= 15 is 0 Å². The second-order valence-corrected chi connectivity index (χ2v) is 4.47. The van der Waals surface area contributed by atoms with Crippen LogP contribution < -0.4 is 10.1 Å². The summed E-state index contributed by atoms with van der Waals surface area (Å²) in [6.07, 6.45) is 6.20. The highest BCUT2D eigenvalue weighted by molar-refractivity contribution is 5.61. The lowest BCUT2D eigenvalue weighted by Gasteiger charge is -2.09. The SMILES string of the molecule is CCCCCNc1ncnc(OCCCC)c1[N+](=O)[O-]. The van der Waals surface area contributed by atoms with Crippen LogP contribution >= 0.6 is 0 Å². The van der Waals surface area contributed by atoms with Crippen molar-refractivity contribution in [1.82, 2.24) is 9.97 Å². The molecule has 20 heavy (non-hydrogen) atoms. The van der Waals surface area contributed by atoms with E-state index < -0.39 is 4.92 Å². The maximum absolute atomic E-state index is 11.2. The monoisotopic (exact) mass is 282 g/mol. The number of aromatic nitrogens is 2. The molecular formula is C13H22N4O3. The summed E-state index contributed by atoms with van der Waals surface area (Å²) in [5, 5.41) is 14.2. The molecule has 0 amide bonds. The van der Waals surface area contributed by atoms with Crippen molar-refractivity contribution < 1.29 is 9.66 Å². The van der Waals surface area contributed by atoms with Gasteiger partial charge in [-0.15, -0.1) is 0 Å². The first-order valence-electron chi connectivity index (χ1n) is 7.06. The van der Waals surface area contributed by atoms with Gasteiger partial charge >= 0.3 is 5.69 Å². The maximum atomic E-state index is 11.2. The molecule has 0 atom stereocenters. The van der Waals surface area contributed by atoms with Gasteiger partial charge in [0.05, 0.1) is 11.5 Å². The van der Waals surface area contributed by atoms with Crippen LogP contribution in [0.3, 0.4) is 0 Å². The van der Waals surface area contributed by atoms with Crippen LogP contribution in [0.25, 0.3) is 0 Å². The van der Waals surface area contributed by atoms with Crippen LogP contribution in [0.2, 0.25) is 0 Å². The molecule has 0 saturated carbocycles. The van der Waals surface area contributed by atoms with Gasteiger partial charge in [-0.25, -0.2) is 4.98 Å². The molecule has 0 aromatic carbocycles. The van der Waals surface area contributed by atoms with Crippen LogP contribution in [0.15, 0.2) is 6.33 Å². The van der Waals surface area contributed by atoms with E-state index in [0.29, 0.717) is 13.2 Å². The Bertz CT molecular complexity index is 426. The molecule has 0 aliphatic rings. The molecule has 0 aliphatic carbocycles. The summed E-state index contributed by atoms with van der Waals surface area (Å²) >= 11 is 0. The van der Waals surface area contributed by atoms with Crippen molar-refractivity contribution in [2.45, 2.75) is 46.0 Å². The average Bonchev–Trinajstić information content (AvgIpc) is 2.43. The van der Waals surface area contributed by atoms with Crippen molar-refractivity contribution in [2.24, 2.45) is 0 Å². The zero-order chi connectivity index (χ0) is 14.8. The molecule has 1 aromatic heterocycles. The molecule has 0 spiro atoms. The lowest BCUT2D eigenvalue weighted by atomic mass is 10.2. The number of hydrogen-bond acceptors (Lipinski definition) is 6. The number of nitro groups is 1. The number of nitrogens with one attached hydrogen (secondary N) is 1. The molecule has 1 aromatic rings. The van der Waals surface area contributed by atoms with Crippen molar-refractivity contribution in [3.05, 3.63) is 16.4 Å². The van der Waals surface area contributed by atoms with Crippen molar-refractivity contribution in [3.63, 3.8) is 0 Å². The van der Waals surface area contributed by atoms with Gasteiger partial charge in [0.1, 0.15) is 6.33 Å². The highest BCUT2D eigenvalue weighted by Crippen LogP contribution is 2.30. The second kappa shape index (κ2) is 9.06. The van der Waals surface area contributed by atoms with Gasteiger partial charge in [-0.2, -0.15) is 4.98 Å². The van der Waals surface area contributed by atoms with Gasteiger partial charge in [-0.1, -0.05) is 33.1 Å². The van der Waals surface area contributed by atoms with E-state index in [1.165, 1.54) is 6.33 Å². The fourth-order valence-corrected chi connectivity index (χ4v) is 1.66. The summed E-state index contributed by atoms with van der Waals surface area (Å²) in [6, 6.07) is 0. The second-order valence-electron chi connectivity index (χ2n) is 4.47. The molecule has 0 fully saturated rings. The van der Waals surface area contributed by atoms with E-state index in [1.807, 2.05) is 6.92 Å². The Morgan fingerprint density at radius 1 is 1.25 bits per heavy atom. The Morgan fingerprint density at radius 3 is 2.65 bits per heavy atom. The third-order valence-electron chi connectivity index (χ3n) is 2.78. The van der Waals surface area contributed by atoms with Gasteiger partial charge in [-0.05, 0) is 12.8 Å². The van der Waals surface area contributed by atoms with E-state index in [9.17, 15) is 10.1 Å². The van der Waals surface area contributed by atoms with Gasteiger partial charge in [0, 0.05) is 6.54 Å². The smallest absolute Gasteiger partial charge is 0.372 e. The van der Waals surface area contributed by atoms with Gasteiger partial charge in [0.15, 0.2) is 0 Å². The van der Waals surface area contributed by atoms with Crippen LogP contribution in [-0.4, -0.2) is 28.0 Å². The number of anilines is 1. The Balaban J connectivity index is 2.76. The highest BCUT2D eigenvalue weighted by atomic mass is 16.6. The molecular weight excluding hydrogens is 260 g/mol. The van der Waals surface area contributed by atoms with Gasteiger partial charge in [-0.3, -0.25) is 10.1 Å². The van der Waals surface area contributed by atoms with Crippen molar-refractivity contribution in [2.75, 3.05) is 18.5 Å². The highest BCUT2D eigenvalue weighted by Gasteiger charge is 2.24. The van der Waals surface area contributed by atoms with Crippen molar-refractivity contribution in [1.29, 1.82) is 0 Å². The van der Waals surface area contributed by atoms with E-state index in [-0.39, 0.29) is 17.4 Å². The van der Waals surface area contributed by atoms with E-state index in [4.69, 9.17) is 4.74 Å². The fourth-order valence-electron chi connectivity index (χ4n) is 1.66. The van der Waals surface area contributed by atoms with Crippen molar-refractivity contribution in [3.8, 4) is 5.88 Å². The van der Waals surface area contributed by atoms with Crippen LogP contribution in [0.5, 0.6) is 5.88 Å². The minimum atomic E-state index is -0.497. The van der Waals surface area contributed by atoms with Gasteiger partial charge in [0.2, 0.25) is 5.82 Å². The molecule has 0 bridgehead atoms. The number of rotatable bonds is 10. The minimum absolute atomic E-state index is 0.0384. The summed E-state index contributed by atoms with van der Waals surface area (Å²) in [4.78, 5) is 18.5. The number of hydrogen-bond donors (Lipinski definition) is 1. The first-order valence-corrected chi connectivity index (χ1v) is 7.06. The molecule has 7 nitrogen and oxygen atoms in total. The normalized spacial score (nSPS) is 10.3. The molecule has 0 radical (unpaired) electrons. The topological polar surface area (TPSA) is 90.2 Å². The molecule has 0 aliphatic heterocycles. The lowest BCUT2D eigenvalue weighted by molar-refractivity contribution is -0.385. The van der Waals surface area contributed by atoms with Crippen LogP contribution in [0.1, 0.15) is 46.0 Å². The van der Waals surface area contributed by atoms with Crippen molar-refractivity contribution >= 4 is 11.5 Å². The first kappa shape index (κ1) is 16.1. The summed E-state index contributed by atoms with van der Waals surface area (Å²) in [5.74, 6) is 0.268. The predicted molar refractivity (Wildman–Crippen MR) is 77.1 cm³/mol. The van der Waals surface area contributed by atoms with Crippen LogP contribution in [-0.2, 0) is 0 Å². The minimum Gasteiger partial charge on any atom is -0.473 e. The molecule has 0 saturated heterocycles. The van der Waals surface area contributed by atoms with Crippen LogP contribution in [0, 0.1) is 10.1 Å². The Labute approximate surface area is 118 Å². The predicted octanol–water partition coefficient (Wildman–Crippen LogP) is 3.17. The fraction of sp³-hybridized carbons (Fsp3) is 0.692. The van der Waals surface area contributed by atoms with E-state index in [1.54, 1.807) is 0 Å². The van der Waals surface area contributed by atoms with E-state index in [0.717, 1.165) is 32.1 Å². The molecule has 1 N–H and O–H groups in total. The third-order valence-corrected chi connectivity index (χ3v) is 2.78. The first-order chi connectivity index (χ1) is 9.70. The maximum Gasteiger partial charge on any atom is 0.372 e. The van der Waals surface area contributed by atoms with Gasteiger partial charge in [0.25, 0.3) is 5.88 Å². The molecule has 112 valence electrons. The molecule has 0 unspecified atom stereocenters. The molecule has 7 heteroatoms. The summed E-state index contributed by atoms with van der Waals surface area (Å²) in [6.45, 7) is 5.20. The number of ether oxygens (including phenoxy) is 1. The zero-order valence-electron chi connectivity index (χ0n) is 12.1. The summed E-state index contributed by atoms with van der Waals surface area (Å²) in [7, 11) is 0. The Hall–Kier alpha value is -1.92. The van der Waals surface area contributed by atoms with Gasteiger partial charge < -0.3 is 10.1 Å². The summed E-state index contributed by atoms with van der Waals surface area (Å²) < 4.78 is 5.37. The Morgan fingerprint density at radius 2 is 2.00 bits per heavy atom. The lowest BCUT2D eigenvalue weighted by Crippen LogP contribution is -2.09. The quantitative estimate of drug-likeness (QED) is 0.402. The number of unbranched alkanes of at least 4 members (excludes halogenated alkanes) is 3. The average molecular weight is 282 g/mol.